The largest absolute Gasteiger partial charge is 0.323 e. The summed E-state index contributed by atoms with van der Waals surface area (Å²) in [4.78, 5) is 18.2. The molecule has 2 N–H and O–H groups in total. The SMILES string of the molecule is CCCCCCCc1ccc(NC(=O)Nc2c(C(C)C)cccc2C(C)C)c(-c2ccccc2Cl)n1. The fourth-order valence-corrected chi connectivity index (χ4v) is 4.70. The van der Waals surface area contributed by atoms with Crippen LogP contribution in [0.2, 0.25) is 5.02 Å². The number of unbranched alkanes of at least 4 members (excludes halogenated alkanes) is 4. The first-order chi connectivity index (χ1) is 17.3. The maximum absolute atomic E-state index is 13.3. The van der Waals surface area contributed by atoms with E-state index in [0.29, 0.717) is 16.4 Å². The average molecular weight is 506 g/mol. The van der Waals surface area contributed by atoms with Gasteiger partial charge in [-0.3, -0.25) is 4.98 Å². The highest BCUT2D eigenvalue weighted by Gasteiger charge is 2.18. The molecule has 0 unspecified atom stereocenters. The molecule has 0 bridgehead atoms. The van der Waals surface area contributed by atoms with Gasteiger partial charge in [0.2, 0.25) is 0 Å². The summed E-state index contributed by atoms with van der Waals surface area (Å²) in [5, 5.41) is 6.81. The molecule has 3 rings (SSSR count). The second-order valence-corrected chi connectivity index (χ2v) is 10.5. The number of hydrogen-bond acceptors (Lipinski definition) is 2. The number of pyridine rings is 1. The van der Waals surface area contributed by atoms with Crippen molar-refractivity contribution in [3.8, 4) is 11.3 Å². The number of carbonyl (C=O) groups is 1. The van der Waals surface area contributed by atoms with Gasteiger partial charge in [-0.1, -0.05) is 108 Å². The molecule has 0 saturated heterocycles. The lowest BCUT2D eigenvalue weighted by molar-refractivity contribution is 0.262. The van der Waals surface area contributed by atoms with E-state index in [1.807, 2.05) is 36.4 Å². The molecule has 2 aromatic carbocycles. The second-order valence-electron chi connectivity index (χ2n) is 10.0. The van der Waals surface area contributed by atoms with Crippen LogP contribution in [0, 0.1) is 0 Å². The molecular formula is C31H40ClN3O. The Labute approximate surface area is 221 Å². The number of rotatable bonds is 11. The summed E-state index contributed by atoms with van der Waals surface area (Å²) in [6, 6.07) is 17.5. The molecular weight excluding hydrogens is 466 g/mol. The van der Waals surface area contributed by atoms with Gasteiger partial charge in [0.1, 0.15) is 0 Å². The Balaban J connectivity index is 1.88. The first-order valence-corrected chi connectivity index (χ1v) is 13.6. The summed E-state index contributed by atoms with van der Waals surface area (Å²) in [5.74, 6) is 0.576. The molecule has 1 heterocycles. The number of aryl methyl sites for hydroxylation is 1. The normalized spacial score (nSPS) is 11.2. The molecule has 0 spiro atoms. The number of hydrogen-bond donors (Lipinski definition) is 2. The van der Waals surface area contributed by atoms with Crippen LogP contribution in [0.1, 0.15) is 95.4 Å². The third-order valence-electron chi connectivity index (χ3n) is 6.48. The standard InChI is InChI=1S/C31H40ClN3O/c1-6-7-8-9-10-14-23-19-20-28(30(33-23)26-15-11-12-18-27(26)32)34-31(36)35-29-24(21(2)3)16-13-17-25(29)22(4)5/h11-13,15-22H,6-10,14H2,1-5H3,(H2,34,35,36). The molecule has 3 aromatic rings. The van der Waals surface area contributed by atoms with E-state index in [2.05, 4.69) is 63.5 Å². The van der Waals surface area contributed by atoms with Crippen LogP contribution in [0.25, 0.3) is 11.3 Å². The van der Waals surface area contributed by atoms with Crippen molar-refractivity contribution in [3.63, 3.8) is 0 Å². The molecule has 0 aliphatic rings. The van der Waals surface area contributed by atoms with E-state index in [9.17, 15) is 4.79 Å². The average Bonchev–Trinajstić information content (AvgIpc) is 2.85. The van der Waals surface area contributed by atoms with Gasteiger partial charge in [-0.2, -0.15) is 0 Å². The zero-order valence-corrected chi connectivity index (χ0v) is 23.1. The van der Waals surface area contributed by atoms with Crippen LogP contribution in [-0.2, 0) is 6.42 Å². The number of nitrogens with zero attached hydrogens (tertiary/aromatic N) is 1. The lowest BCUT2D eigenvalue weighted by atomic mass is 9.93. The van der Waals surface area contributed by atoms with Crippen LogP contribution in [0.3, 0.4) is 0 Å². The number of urea groups is 1. The third kappa shape index (κ3) is 7.33. The summed E-state index contributed by atoms with van der Waals surface area (Å²) < 4.78 is 0. The van der Waals surface area contributed by atoms with Gasteiger partial charge in [0.25, 0.3) is 0 Å². The minimum atomic E-state index is -0.285. The number of amides is 2. The molecule has 0 fully saturated rings. The topological polar surface area (TPSA) is 54.0 Å². The predicted octanol–water partition coefficient (Wildman–Crippen LogP) is 9.81. The van der Waals surface area contributed by atoms with Crippen molar-refractivity contribution >= 4 is 29.0 Å². The Bertz CT molecular complexity index is 1130. The first kappa shape index (κ1) is 27.7. The van der Waals surface area contributed by atoms with Crippen LogP contribution in [0.15, 0.2) is 54.6 Å². The van der Waals surface area contributed by atoms with E-state index < -0.39 is 0 Å². The Kier molecular flexibility index (Phi) is 10.4. The molecule has 0 aliphatic heterocycles. The Morgan fingerprint density at radius 2 is 1.50 bits per heavy atom. The number of anilines is 2. The minimum Gasteiger partial charge on any atom is -0.307 e. The lowest BCUT2D eigenvalue weighted by Gasteiger charge is -2.21. The summed E-state index contributed by atoms with van der Waals surface area (Å²) in [5.41, 5.74) is 6.30. The Hall–Kier alpha value is -2.85. The van der Waals surface area contributed by atoms with Gasteiger partial charge in [0.15, 0.2) is 0 Å². The van der Waals surface area contributed by atoms with Gasteiger partial charge in [-0.15, -0.1) is 0 Å². The molecule has 0 radical (unpaired) electrons. The summed E-state index contributed by atoms with van der Waals surface area (Å²) in [6.07, 6.45) is 6.97. The van der Waals surface area contributed by atoms with Crippen molar-refractivity contribution in [2.24, 2.45) is 0 Å². The monoisotopic (exact) mass is 505 g/mol. The maximum Gasteiger partial charge on any atom is 0.323 e. The third-order valence-corrected chi connectivity index (χ3v) is 6.81. The van der Waals surface area contributed by atoms with Crippen molar-refractivity contribution < 1.29 is 4.79 Å². The van der Waals surface area contributed by atoms with Crippen molar-refractivity contribution in [3.05, 3.63) is 76.4 Å². The highest BCUT2D eigenvalue weighted by atomic mass is 35.5. The van der Waals surface area contributed by atoms with Crippen molar-refractivity contribution in [1.29, 1.82) is 0 Å². The van der Waals surface area contributed by atoms with Gasteiger partial charge >= 0.3 is 6.03 Å². The van der Waals surface area contributed by atoms with E-state index >= 15 is 0 Å². The van der Waals surface area contributed by atoms with Crippen LogP contribution in [-0.4, -0.2) is 11.0 Å². The second kappa shape index (κ2) is 13.5. The van der Waals surface area contributed by atoms with Crippen molar-refractivity contribution in [1.82, 2.24) is 4.98 Å². The molecule has 0 saturated carbocycles. The molecule has 5 heteroatoms. The quantitative estimate of drug-likeness (QED) is 0.255. The number of nitrogens with one attached hydrogen (secondary N) is 2. The van der Waals surface area contributed by atoms with Crippen LogP contribution >= 0.6 is 11.6 Å². The summed E-state index contributed by atoms with van der Waals surface area (Å²) in [7, 11) is 0. The molecule has 0 aliphatic carbocycles. The van der Waals surface area contributed by atoms with Crippen LogP contribution in [0.5, 0.6) is 0 Å². The highest BCUT2D eigenvalue weighted by molar-refractivity contribution is 6.33. The fourth-order valence-electron chi connectivity index (χ4n) is 4.47. The number of carbonyl (C=O) groups excluding carboxylic acids is 1. The lowest BCUT2D eigenvalue weighted by Crippen LogP contribution is -2.22. The fraction of sp³-hybridized carbons (Fsp3) is 0.419. The molecule has 4 nitrogen and oxygen atoms in total. The zero-order chi connectivity index (χ0) is 26.1. The number of benzene rings is 2. The van der Waals surface area contributed by atoms with Crippen molar-refractivity contribution in [2.45, 2.75) is 85.0 Å². The van der Waals surface area contributed by atoms with Gasteiger partial charge < -0.3 is 10.6 Å². The zero-order valence-electron chi connectivity index (χ0n) is 22.3. The Morgan fingerprint density at radius 3 is 2.14 bits per heavy atom. The molecule has 36 heavy (non-hydrogen) atoms. The smallest absolute Gasteiger partial charge is 0.307 e. The minimum absolute atomic E-state index is 0.285. The van der Waals surface area contributed by atoms with Gasteiger partial charge in [-0.25, -0.2) is 4.79 Å². The predicted molar refractivity (Wildman–Crippen MR) is 154 cm³/mol. The highest BCUT2D eigenvalue weighted by Crippen LogP contribution is 2.34. The number of aromatic nitrogens is 1. The van der Waals surface area contributed by atoms with E-state index in [1.165, 1.54) is 25.7 Å². The van der Waals surface area contributed by atoms with Gasteiger partial charge in [-0.05, 0) is 54.0 Å². The van der Waals surface area contributed by atoms with Gasteiger partial charge in [0.05, 0.1) is 16.4 Å². The molecule has 2 amide bonds. The number of halogens is 1. The summed E-state index contributed by atoms with van der Waals surface area (Å²) >= 11 is 6.55. The Morgan fingerprint density at radius 1 is 0.833 bits per heavy atom. The molecule has 0 atom stereocenters. The maximum atomic E-state index is 13.3. The molecule has 1 aromatic heterocycles. The number of para-hydroxylation sites is 1. The first-order valence-electron chi connectivity index (χ1n) is 13.3. The van der Waals surface area contributed by atoms with Crippen molar-refractivity contribution in [2.75, 3.05) is 10.6 Å². The van der Waals surface area contributed by atoms with Gasteiger partial charge in [0, 0.05) is 16.9 Å². The summed E-state index contributed by atoms with van der Waals surface area (Å²) in [6.45, 7) is 10.8. The van der Waals surface area contributed by atoms with E-state index in [0.717, 1.165) is 40.9 Å². The molecule has 192 valence electrons. The van der Waals surface area contributed by atoms with E-state index in [-0.39, 0.29) is 17.9 Å². The van der Waals surface area contributed by atoms with Crippen LogP contribution < -0.4 is 10.6 Å². The van der Waals surface area contributed by atoms with Crippen LogP contribution in [0.4, 0.5) is 16.2 Å². The van der Waals surface area contributed by atoms with E-state index in [1.54, 1.807) is 0 Å². The van der Waals surface area contributed by atoms with E-state index in [4.69, 9.17) is 16.6 Å².